The van der Waals surface area contributed by atoms with Gasteiger partial charge in [-0.1, -0.05) is 37.0 Å². The molecule has 2 amide bonds. The highest BCUT2D eigenvalue weighted by Gasteiger charge is 2.25. The number of hydrogen-bond acceptors (Lipinski definition) is 4. The van der Waals surface area contributed by atoms with Crippen LogP contribution >= 0.6 is 23.2 Å². The molecule has 0 unspecified atom stereocenters. The van der Waals surface area contributed by atoms with Gasteiger partial charge >= 0.3 is 6.03 Å². The number of benzene rings is 1. The predicted octanol–water partition coefficient (Wildman–Crippen LogP) is 4.88. The Hall–Kier alpha value is -2.05. The molecule has 2 heterocycles. The van der Waals surface area contributed by atoms with Gasteiger partial charge in [0.2, 0.25) is 0 Å². The maximum Gasteiger partial charge on any atom is 0.321 e. The lowest BCUT2D eigenvalue weighted by Crippen LogP contribution is -2.50. The van der Waals surface area contributed by atoms with Gasteiger partial charge in [0, 0.05) is 43.1 Å². The number of nitrogens with zero attached hydrogens (tertiary/aromatic N) is 4. The van der Waals surface area contributed by atoms with Crippen molar-refractivity contribution in [2.45, 2.75) is 33.6 Å². The van der Waals surface area contributed by atoms with Gasteiger partial charge in [-0.05, 0) is 38.0 Å². The van der Waals surface area contributed by atoms with Crippen LogP contribution in [-0.4, -0.2) is 47.1 Å². The maximum atomic E-state index is 12.6. The predicted molar refractivity (Wildman–Crippen MR) is 115 cm³/mol. The van der Waals surface area contributed by atoms with E-state index in [-0.39, 0.29) is 6.03 Å². The lowest BCUT2D eigenvalue weighted by atomic mass is 10.0. The summed E-state index contributed by atoms with van der Waals surface area (Å²) in [6.45, 7) is 11.0. The standard InChI is InChI=1S/C20H25Cl2N5O/c1-12(2)18-13(3)23-14(4)24-19(18)26-7-9-27(10-8-26)20(28)25-15-5-6-16(21)17(22)11-15/h5-6,11-12H,7-10H2,1-4H3,(H,25,28). The Labute approximate surface area is 175 Å². The summed E-state index contributed by atoms with van der Waals surface area (Å²) in [6.07, 6.45) is 0. The largest absolute Gasteiger partial charge is 0.353 e. The molecule has 1 aromatic heterocycles. The minimum Gasteiger partial charge on any atom is -0.353 e. The molecule has 8 heteroatoms. The summed E-state index contributed by atoms with van der Waals surface area (Å²) in [6, 6.07) is 4.92. The van der Waals surface area contributed by atoms with E-state index in [9.17, 15) is 4.79 Å². The monoisotopic (exact) mass is 421 g/mol. The number of anilines is 2. The number of piperazine rings is 1. The molecule has 0 atom stereocenters. The molecular formula is C20H25Cl2N5O. The van der Waals surface area contributed by atoms with E-state index in [1.54, 1.807) is 23.1 Å². The Balaban J connectivity index is 1.67. The van der Waals surface area contributed by atoms with Crippen LogP contribution in [0.15, 0.2) is 18.2 Å². The lowest BCUT2D eigenvalue weighted by molar-refractivity contribution is 0.208. The zero-order valence-electron chi connectivity index (χ0n) is 16.6. The molecule has 1 aliphatic heterocycles. The average molecular weight is 422 g/mol. The fraction of sp³-hybridized carbons (Fsp3) is 0.450. The second-order valence-corrected chi connectivity index (χ2v) is 8.10. The molecule has 1 aliphatic rings. The third-order valence-corrected chi connectivity index (χ3v) is 5.58. The minimum atomic E-state index is -0.142. The summed E-state index contributed by atoms with van der Waals surface area (Å²) in [5.41, 5.74) is 2.84. The van der Waals surface area contributed by atoms with Crippen molar-refractivity contribution < 1.29 is 4.79 Å². The molecule has 0 saturated carbocycles. The molecule has 0 spiro atoms. The van der Waals surface area contributed by atoms with Gasteiger partial charge in [-0.3, -0.25) is 0 Å². The first-order valence-electron chi connectivity index (χ1n) is 9.37. The smallest absolute Gasteiger partial charge is 0.321 e. The van der Waals surface area contributed by atoms with E-state index >= 15 is 0 Å². The van der Waals surface area contributed by atoms with Crippen LogP contribution in [0.4, 0.5) is 16.3 Å². The molecule has 28 heavy (non-hydrogen) atoms. The topological polar surface area (TPSA) is 61.4 Å². The maximum absolute atomic E-state index is 12.6. The van der Waals surface area contributed by atoms with Crippen LogP contribution in [0.1, 0.15) is 36.8 Å². The highest BCUT2D eigenvalue weighted by atomic mass is 35.5. The number of halogens is 2. The number of aromatic nitrogens is 2. The van der Waals surface area contributed by atoms with Crippen molar-refractivity contribution in [2.75, 3.05) is 36.4 Å². The first-order valence-corrected chi connectivity index (χ1v) is 10.1. The highest BCUT2D eigenvalue weighted by Crippen LogP contribution is 2.29. The molecule has 1 fully saturated rings. The van der Waals surface area contributed by atoms with E-state index in [0.717, 1.165) is 30.4 Å². The molecule has 1 saturated heterocycles. The summed E-state index contributed by atoms with van der Waals surface area (Å²) >= 11 is 11.9. The van der Waals surface area contributed by atoms with Crippen LogP contribution in [0.5, 0.6) is 0 Å². The lowest BCUT2D eigenvalue weighted by Gasteiger charge is -2.36. The molecule has 3 rings (SSSR count). The van der Waals surface area contributed by atoms with E-state index in [0.29, 0.717) is 34.7 Å². The Bertz CT molecular complexity index is 879. The zero-order chi connectivity index (χ0) is 20.4. The summed E-state index contributed by atoms with van der Waals surface area (Å²) in [7, 11) is 0. The van der Waals surface area contributed by atoms with E-state index in [1.165, 1.54) is 5.56 Å². The van der Waals surface area contributed by atoms with Gasteiger partial charge in [0.05, 0.1) is 10.0 Å². The molecule has 0 bridgehead atoms. The van der Waals surface area contributed by atoms with Crippen molar-refractivity contribution in [1.29, 1.82) is 0 Å². The third-order valence-electron chi connectivity index (χ3n) is 4.84. The number of nitrogens with one attached hydrogen (secondary N) is 1. The van der Waals surface area contributed by atoms with Gasteiger partial charge in [0.15, 0.2) is 0 Å². The molecule has 0 radical (unpaired) electrons. The first kappa shape index (κ1) is 20.7. The van der Waals surface area contributed by atoms with E-state index in [2.05, 4.69) is 29.0 Å². The number of urea groups is 1. The van der Waals surface area contributed by atoms with E-state index < -0.39 is 0 Å². The second kappa shape index (κ2) is 8.53. The van der Waals surface area contributed by atoms with Crippen LogP contribution in [0.2, 0.25) is 10.0 Å². The average Bonchev–Trinajstić information content (AvgIpc) is 2.64. The Morgan fingerprint density at radius 2 is 1.75 bits per heavy atom. The summed E-state index contributed by atoms with van der Waals surface area (Å²) < 4.78 is 0. The normalized spacial score (nSPS) is 14.5. The van der Waals surface area contributed by atoms with Gasteiger partial charge in [0.25, 0.3) is 0 Å². The SMILES string of the molecule is Cc1nc(C)c(C(C)C)c(N2CCN(C(=O)Nc3ccc(Cl)c(Cl)c3)CC2)n1. The Morgan fingerprint density at radius 1 is 1.07 bits per heavy atom. The summed E-state index contributed by atoms with van der Waals surface area (Å²) in [5.74, 6) is 2.10. The molecular weight excluding hydrogens is 397 g/mol. The zero-order valence-corrected chi connectivity index (χ0v) is 18.1. The fourth-order valence-electron chi connectivity index (χ4n) is 3.52. The molecule has 2 aromatic rings. The number of carbonyl (C=O) groups excluding carboxylic acids is 1. The molecule has 150 valence electrons. The first-order chi connectivity index (χ1) is 13.3. The summed E-state index contributed by atoms with van der Waals surface area (Å²) in [5, 5.41) is 3.76. The molecule has 1 N–H and O–H groups in total. The Kier molecular flexibility index (Phi) is 6.30. The fourth-order valence-corrected chi connectivity index (χ4v) is 3.82. The number of aryl methyl sites for hydroxylation is 2. The van der Waals surface area contributed by atoms with Crippen molar-refractivity contribution in [3.63, 3.8) is 0 Å². The minimum absolute atomic E-state index is 0.142. The van der Waals surface area contributed by atoms with Crippen LogP contribution in [0.3, 0.4) is 0 Å². The number of carbonyl (C=O) groups is 1. The van der Waals surface area contributed by atoms with Crippen molar-refractivity contribution >= 4 is 40.7 Å². The quantitative estimate of drug-likeness (QED) is 0.766. The molecule has 6 nitrogen and oxygen atoms in total. The summed E-state index contributed by atoms with van der Waals surface area (Å²) in [4.78, 5) is 25.9. The van der Waals surface area contributed by atoms with Crippen LogP contribution in [-0.2, 0) is 0 Å². The van der Waals surface area contributed by atoms with Gasteiger partial charge in [0.1, 0.15) is 11.6 Å². The van der Waals surface area contributed by atoms with Gasteiger partial charge in [-0.25, -0.2) is 14.8 Å². The molecule has 0 aliphatic carbocycles. The van der Waals surface area contributed by atoms with Crippen molar-refractivity contribution in [1.82, 2.24) is 14.9 Å². The van der Waals surface area contributed by atoms with Gasteiger partial charge in [-0.15, -0.1) is 0 Å². The number of amides is 2. The van der Waals surface area contributed by atoms with Crippen LogP contribution in [0, 0.1) is 13.8 Å². The number of hydrogen-bond donors (Lipinski definition) is 1. The van der Waals surface area contributed by atoms with Crippen molar-refractivity contribution in [3.05, 3.63) is 45.3 Å². The molecule has 1 aromatic carbocycles. The van der Waals surface area contributed by atoms with Gasteiger partial charge < -0.3 is 15.1 Å². The van der Waals surface area contributed by atoms with Crippen molar-refractivity contribution in [2.24, 2.45) is 0 Å². The van der Waals surface area contributed by atoms with Crippen LogP contribution < -0.4 is 10.2 Å². The third kappa shape index (κ3) is 4.50. The van der Waals surface area contributed by atoms with E-state index in [4.69, 9.17) is 28.2 Å². The Morgan fingerprint density at radius 3 is 2.36 bits per heavy atom. The highest BCUT2D eigenvalue weighted by molar-refractivity contribution is 6.42. The van der Waals surface area contributed by atoms with E-state index in [1.807, 2.05) is 13.8 Å². The van der Waals surface area contributed by atoms with Gasteiger partial charge in [-0.2, -0.15) is 0 Å². The van der Waals surface area contributed by atoms with Crippen molar-refractivity contribution in [3.8, 4) is 0 Å². The second-order valence-electron chi connectivity index (χ2n) is 7.28. The van der Waals surface area contributed by atoms with Crippen LogP contribution in [0.25, 0.3) is 0 Å². The number of rotatable bonds is 3.